The van der Waals surface area contributed by atoms with Gasteiger partial charge in [-0.3, -0.25) is 9.59 Å². The summed E-state index contributed by atoms with van der Waals surface area (Å²) < 4.78 is 0. The van der Waals surface area contributed by atoms with Gasteiger partial charge in [-0.1, -0.05) is 111 Å². The maximum absolute atomic E-state index is 13.8. The number of carbonyl (C=O) groups is 2. The van der Waals surface area contributed by atoms with Crippen molar-refractivity contribution < 1.29 is 9.59 Å². The zero-order valence-electron chi connectivity index (χ0n) is 29.7. The summed E-state index contributed by atoms with van der Waals surface area (Å²) in [5, 5.41) is 0. The van der Waals surface area contributed by atoms with Crippen LogP contribution in [0, 0.1) is 41.5 Å². The van der Waals surface area contributed by atoms with Crippen LogP contribution >= 0.6 is 0 Å². The maximum atomic E-state index is 13.8. The molecule has 242 valence electrons. The molecule has 0 heterocycles. The minimum absolute atomic E-state index is 0.324. The van der Waals surface area contributed by atoms with E-state index in [2.05, 4.69) is 121 Å². The second-order valence-corrected chi connectivity index (χ2v) is 14.3. The molecule has 0 amide bonds. The van der Waals surface area contributed by atoms with Gasteiger partial charge in [0.2, 0.25) is 11.6 Å². The molecule has 2 heteroatoms. The van der Waals surface area contributed by atoms with Gasteiger partial charge in [0.05, 0.1) is 0 Å². The number of rotatable bonds is 6. The van der Waals surface area contributed by atoms with Gasteiger partial charge in [-0.05, 0) is 143 Å². The molecule has 6 aromatic carbocycles. The molecule has 1 aliphatic rings. The fourth-order valence-corrected chi connectivity index (χ4v) is 8.13. The number of fused-ring (bicyclic) bond motifs is 3. The van der Waals surface area contributed by atoms with E-state index in [0.717, 1.165) is 27.8 Å². The van der Waals surface area contributed by atoms with Crippen molar-refractivity contribution in [3.63, 3.8) is 0 Å². The van der Waals surface area contributed by atoms with Crippen molar-refractivity contribution in [1.29, 1.82) is 0 Å². The van der Waals surface area contributed by atoms with Gasteiger partial charge >= 0.3 is 0 Å². The Hall–Kier alpha value is -5.34. The van der Waals surface area contributed by atoms with E-state index < -0.39 is 11.6 Å². The van der Waals surface area contributed by atoms with Crippen LogP contribution in [0.1, 0.15) is 79.1 Å². The van der Waals surface area contributed by atoms with Crippen LogP contribution in [0.4, 0.5) is 0 Å². The molecule has 0 spiro atoms. The van der Waals surface area contributed by atoms with Gasteiger partial charge in [-0.2, -0.15) is 0 Å². The van der Waals surface area contributed by atoms with E-state index in [1.807, 2.05) is 37.3 Å². The predicted octanol–water partition coefficient (Wildman–Crippen LogP) is 11.9. The molecule has 0 saturated heterocycles. The molecular formula is C47H42O2. The number of hydrogen-bond acceptors (Lipinski definition) is 2. The van der Waals surface area contributed by atoms with Gasteiger partial charge in [0, 0.05) is 16.5 Å². The van der Waals surface area contributed by atoms with Crippen LogP contribution in [0.3, 0.4) is 0 Å². The average Bonchev–Trinajstić information content (AvgIpc) is 3.32. The van der Waals surface area contributed by atoms with Gasteiger partial charge in [0.25, 0.3) is 0 Å². The SMILES string of the molecule is Cc1ccccc1-c1ccc(-c2ccc(C(=O)C(=O)c3ccc4c(c3)C(C)(C)c3c-4ccc(-c4ccccc4C)c3C)cc2C)c(C)c1C. The average molecular weight is 639 g/mol. The van der Waals surface area contributed by atoms with Gasteiger partial charge in [0.15, 0.2) is 0 Å². The van der Waals surface area contributed by atoms with Gasteiger partial charge in [0.1, 0.15) is 0 Å². The van der Waals surface area contributed by atoms with Crippen LogP contribution in [0.15, 0.2) is 109 Å². The first kappa shape index (κ1) is 32.2. The second kappa shape index (κ2) is 12.0. The van der Waals surface area contributed by atoms with E-state index in [1.54, 1.807) is 6.07 Å². The van der Waals surface area contributed by atoms with E-state index in [4.69, 9.17) is 0 Å². The number of aryl methyl sites for hydroxylation is 3. The molecule has 0 fully saturated rings. The lowest BCUT2D eigenvalue weighted by atomic mass is 9.78. The maximum Gasteiger partial charge on any atom is 0.233 e. The van der Waals surface area contributed by atoms with E-state index in [1.165, 1.54) is 61.2 Å². The lowest BCUT2D eigenvalue weighted by Gasteiger charge is -2.25. The number of benzene rings is 6. The summed E-state index contributed by atoms with van der Waals surface area (Å²) in [6, 6.07) is 37.2. The zero-order chi connectivity index (χ0) is 34.8. The molecule has 0 unspecified atom stereocenters. The van der Waals surface area contributed by atoms with Crippen molar-refractivity contribution in [2.75, 3.05) is 0 Å². The van der Waals surface area contributed by atoms with Crippen LogP contribution in [-0.2, 0) is 5.41 Å². The largest absolute Gasteiger partial charge is 0.285 e. The summed E-state index contributed by atoms with van der Waals surface area (Å²) in [5.74, 6) is -0.961. The quantitative estimate of drug-likeness (QED) is 0.134. The minimum atomic E-state index is -0.483. The van der Waals surface area contributed by atoms with Crippen LogP contribution < -0.4 is 0 Å². The molecule has 0 aliphatic heterocycles. The Balaban J connectivity index is 1.18. The Morgan fingerprint density at radius 2 is 0.816 bits per heavy atom. The lowest BCUT2D eigenvalue weighted by molar-refractivity contribution is 0.0817. The van der Waals surface area contributed by atoms with Gasteiger partial charge in [-0.15, -0.1) is 0 Å². The third kappa shape index (κ3) is 5.18. The van der Waals surface area contributed by atoms with Crippen molar-refractivity contribution in [2.45, 2.75) is 60.8 Å². The first-order chi connectivity index (χ1) is 23.4. The molecule has 0 saturated carbocycles. The van der Waals surface area contributed by atoms with Crippen LogP contribution in [0.2, 0.25) is 0 Å². The summed E-state index contributed by atoms with van der Waals surface area (Å²) in [4.78, 5) is 27.5. The van der Waals surface area contributed by atoms with E-state index in [0.29, 0.717) is 11.1 Å². The number of ketones is 2. The minimum Gasteiger partial charge on any atom is -0.285 e. The Morgan fingerprint density at radius 3 is 1.33 bits per heavy atom. The van der Waals surface area contributed by atoms with Gasteiger partial charge in [-0.25, -0.2) is 0 Å². The normalized spacial score (nSPS) is 12.8. The highest BCUT2D eigenvalue weighted by atomic mass is 16.2. The third-order valence-electron chi connectivity index (χ3n) is 11.0. The second-order valence-electron chi connectivity index (χ2n) is 14.3. The Kier molecular flexibility index (Phi) is 7.87. The molecule has 7 rings (SSSR count). The smallest absolute Gasteiger partial charge is 0.233 e. The molecular weight excluding hydrogens is 597 g/mol. The number of hydrogen-bond donors (Lipinski definition) is 0. The predicted molar refractivity (Wildman–Crippen MR) is 204 cm³/mol. The summed E-state index contributed by atoms with van der Waals surface area (Å²) in [7, 11) is 0. The van der Waals surface area contributed by atoms with Crippen molar-refractivity contribution in [2.24, 2.45) is 0 Å². The molecule has 1 aliphatic carbocycles. The third-order valence-corrected chi connectivity index (χ3v) is 11.0. The first-order valence-corrected chi connectivity index (χ1v) is 17.1. The fraction of sp³-hybridized carbons (Fsp3) is 0.191. The fourth-order valence-electron chi connectivity index (χ4n) is 8.13. The van der Waals surface area contributed by atoms with E-state index in [9.17, 15) is 9.59 Å². The Labute approximate surface area is 290 Å². The monoisotopic (exact) mass is 638 g/mol. The standard InChI is InChI=1S/C47H42O2/c1-27-13-9-11-15-35(27)38-21-22-39(31(5)30(38)4)37-19-17-33(25-29(37)3)45(48)46(49)34-18-20-41-42-24-23-40(36-16-12-10-14-28(36)2)32(6)44(42)47(7,8)43(41)26-34/h9-26H,1-8H3. The number of Topliss-reactive ketones (excluding diaryl/α,β-unsaturated/α-hetero) is 2. The van der Waals surface area contributed by atoms with E-state index >= 15 is 0 Å². The molecule has 0 aromatic heterocycles. The lowest BCUT2D eigenvalue weighted by Crippen LogP contribution is -2.19. The topological polar surface area (TPSA) is 34.1 Å². The molecule has 0 atom stereocenters. The molecule has 2 nitrogen and oxygen atoms in total. The molecule has 49 heavy (non-hydrogen) atoms. The highest BCUT2D eigenvalue weighted by Crippen LogP contribution is 2.52. The van der Waals surface area contributed by atoms with E-state index in [-0.39, 0.29) is 5.41 Å². The van der Waals surface area contributed by atoms with Crippen LogP contribution in [0.5, 0.6) is 0 Å². The molecule has 0 radical (unpaired) electrons. The molecule has 0 N–H and O–H groups in total. The summed E-state index contributed by atoms with van der Waals surface area (Å²) in [6.07, 6.45) is 0. The Morgan fingerprint density at radius 1 is 0.408 bits per heavy atom. The highest BCUT2D eigenvalue weighted by Gasteiger charge is 2.38. The van der Waals surface area contributed by atoms with Gasteiger partial charge < -0.3 is 0 Å². The van der Waals surface area contributed by atoms with Crippen molar-refractivity contribution >= 4 is 11.6 Å². The summed E-state index contributed by atoms with van der Waals surface area (Å²) >= 11 is 0. The molecule has 0 bridgehead atoms. The highest BCUT2D eigenvalue weighted by molar-refractivity contribution is 6.49. The summed E-state index contributed by atoms with van der Waals surface area (Å²) in [5.41, 5.74) is 19.5. The van der Waals surface area contributed by atoms with Crippen LogP contribution in [-0.4, -0.2) is 11.6 Å². The zero-order valence-corrected chi connectivity index (χ0v) is 29.7. The van der Waals surface area contributed by atoms with Crippen molar-refractivity contribution in [1.82, 2.24) is 0 Å². The van der Waals surface area contributed by atoms with Crippen molar-refractivity contribution in [3.05, 3.63) is 165 Å². The number of carbonyl (C=O) groups excluding carboxylic acids is 2. The molecule has 6 aromatic rings. The summed E-state index contributed by atoms with van der Waals surface area (Å²) in [6.45, 7) is 17.3. The van der Waals surface area contributed by atoms with Crippen molar-refractivity contribution in [3.8, 4) is 44.5 Å². The first-order valence-electron chi connectivity index (χ1n) is 17.1. The Bertz CT molecular complexity index is 2350. The van der Waals surface area contributed by atoms with Crippen LogP contribution in [0.25, 0.3) is 44.5 Å².